The van der Waals surface area contributed by atoms with E-state index in [1.165, 1.54) is 4.31 Å². The molecule has 1 fully saturated rings. The van der Waals surface area contributed by atoms with Crippen LogP contribution in [0.15, 0.2) is 58.2 Å². The number of hydrogen-bond acceptors (Lipinski definition) is 4. The average molecular weight is 401 g/mol. The molecule has 1 amide bonds. The van der Waals surface area contributed by atoms with Gasteiger partial charge in [0.25, 0.3) is 0 Å². The first-order valence-corrected chi connectivity index (χ1v) is 10.9. The van der Waals surface area contributed by atoms with Crippen LogP contribution in [0, 0.1) is 0 Å². The molecule has 1 saturated heterocycles. The Morgan fingerprint density at radius 2 is 1.96 bits per heavy atom. The van der Waals surface area contributed by atoms with Gasteiger partial charge in [0.05, 0.1) is 11.2 Å². The quantitative estimate of drug-likeness (QED) is 0.659. The first-order valence-electron chi connectivity index (χ1n) is 9.42. The topological polar surface area (TPSA) is 84.5 Å². The highest BCUT2D eigenvalue weighted by Crippen LogP contribution is 2.25. The molecule has 1 aliphatic rings. The van der Waals surface area contributed by atoms with Gasteiger partial charge in [0.15, 0.2) is 0 Å². The minimum atomic E-state index is -3.44. The molecule has 0 atom stereocenters. The fourth-order valence-electron chi connectivity index (χ4n) is 3.54. The summed E-state index contributed by atoms with van der Waals surface area (Å²) < 4.78 is 34.1. The number of nitrogens with zero attached hydrogens (tertiary/aromatic N) is 2. The molecule has 4 rings (SSSR count). The highest BCUT2D eigenvalue weighted by molar-refractivity contribution is 7.89. The van der Waals surface area contributed by atoms with E-state index < -0.39 is 10.0 Å². The molecule has 148 valence electrons. The number of carbonyl (C=O) groups excluding carboxylic acids is 1. The van der Waals surface area contributed by atoms with Crippen LogP contribution in [0.3, 0.4) is 0 Å². The van der Waals surface area contributed by atoms with Gasteiger partial charge in [-0.2, -0.15) is 4.31 Å². The van der Waals surface area contributed by atoms with Crippen LogP contribution in [0.2, 0.25) is 0 Å². The van der Waals surface area contributed by atoms with Gasteiger partial charge in [-0.15, -0.1) is 0 Å². The monoisotopic (exact) mass is 401 g/mol. The molecule has 0 radical (unpaired) electrons. The van der Waals surface area contributed by atoms with Crippen molar-refractivity contribution in [1.29, 1.82) is 0 Å². The predicted octanol–water partition coefficient (Wildman–Crippen LogP) is 2.38. The first kappa shape index (κ1) is 18.8. The molecule has 0 spiro atoms. The van der Waals surface area contributed by atoms with Gasteiger partial charge >= 0.3 is 0 Å². The van der Waals surface area contributed by atoms with Crippen molar-refractivity contribution in [2.24, 2.45) is 0 Å². The maximum absolute atomic E-state index is 12.7. The second-order valence-electron chi connectivity index (χ2n) is 6.95. The van der Waals surface area contributed by atoms with Gasteiger partial charge in [-0.3, -0.25) is 4.79 Å². The Balaban J connectivity index is 1.43. The number of hydrogen-bond donors (Lipinski definition) is 1. The van der Waals surface area contributed by atoms with E-state index in [9.17, 15) is 13.2 Å². The molecule has 28 heavy (non-hydrogen) atoms. The van der Waals surface area contributed by atoms with E-state index >= 15 is 0 Å². The summed E-state index contributed by atoms with van der Waals surface area (Å²) in [5.41, 5.74) is 0.835. The van der Waals surface area contributed by atoms with Crippen molar-refractivity contribution in [2.75, 3.05) is 19.6 Å². The summed E-state index contributed by atoms with van der Waals surface area (Å²) in [6, 6.07) is 10.6. The molecule has 2 aromatic heterocycles. The Bertz CT molecular complexity index is 1060. The highest BCUT2D eigenvalue weighted by Gasteiger charge is 2.27. The molecular formula is C20H23N3O4S. The molecule has 0 bridgehead atoms. The maximum Gasteiger partial charge on any atom is 0.243 e. The summed E-state index contributed by atoms with van der Waals surface area (Å²) in [5, 5.41) is 3.68. The van der Waals surface area contributed by atoms with Crippen molar-refractivity contribution in [3.8, 4) is 0 Å². The van der Waals surface area contributed by atoms with Crippen molar-refractivity contribution in [1.82, 2.24) is 14.2 Å². The average Bonchev–Trinajstić information content (AvgIpc) is 3.44. The van der Waals surface area contributed by atoms with Crippen LogP contribution < -0.4 is 5.32 Å². The standard InChI is InChI=1S/C20H23N3O4S/c24-20(21-9-7-17-4-3-13-27-17)15-22-12-8-16-14-18(5-6-19(16)22)28(25,26)23-10-1-2-11-23/h3-6,8,12-14H,1-2,7,9-11,15H2,(H,21,24). The molecule has 8 heteroatoms. The van der Waals surface area contributed by atoms with Crippen molar-refractivity contribution in [3.63, 3.8) is 0 Å². The van der Waals surface area contributed by atoms with Gasteiger partial charge in [0.2, 0.25) is 15.9 Å². The zero-order valence-corrected chi connectivity index (χ0v) is 16.3. The predicted molar refractivity (Wildman–Crippen MR) is 105 cm³/mol. The fraction of sp³-hybridized carbons (Fsp3) is 0.350. The molecule has 1 aromatic carbocycles. The number of sulfonamides is 1. The van der Waals surface area contributed by atoms with Gasteiger partial charge in [0.1, 0.15) is 12.3 Å². The summed E-state index contributed by atoms with van der Waals surface area (Å²) in [6.45, 7) is 1.85. The summed E-state index contributed by atoms with van der Waals surface area (Å²) >= 11 is 0. The third-order valence-electron chi connectivity index (χ3n) is 5.03. The fourth-order valence-corrected chi connectivity index (χ4v) is 5.10. The number of rotatable bonds is 7. The van der Waals surface area contributed by atoms with Gasteiger partial charge in [-0.1, -0.05) is 0 Å². The number of amides is 1. The summed E-state index contributed by atoms with van der Waals surface area (Å²) in [4.78, 5) is 12.5. The van der Waals surface area contributed by atoms with E-state index in [2.05, 4.69) is 5.32 Å². The Labute approximate surface area is 164 Å². The number of nitrogens with one attached hydrogen (secondary N) is 1. The zero-order chi connectivity index (χ0) is 19.6. The van der Waals surface area contributed by atoms with Crippen molar-refractivity contribution < 1.29 is 17.6 Å². The Morgan fingerprint density at radius 3 is 2.71 bits per heavy atom. The largest absolute Gasteiger partial charge is 0.469 e. The zero-order valence-electron chi connectivity index (χ0n) is 15.5. The first-order chi connectivity index (χ1) is 13.5. The van der Waals surface area contributed by atoms with Crippen LogP contribution in [0.5, 0.6) is 0 Å². The Hall–Kier alpha value is -2.58. The second-order valence-corrected chi connectivity index (χ2v) is 8.89. The summed E-state index contributed by atoms with van der Waals surface area (Å²) in [5.74, 6) is 0.733. The van der Waals surface area contributed by atoms with Crippen LogP contribution in [0.25, 0.3) is 10.9 Å². The molecule has 7 nitrogen and oxygen atoms in total. The lowest BCUT2D eigenvalue weighted by Crippen LogP contribution is -2.29. The normalized spacial score (nSPS) is 15.3. The van der Waals surface area contributed by atoms with Gasteiger partial charge < -0.3 is 14.3 Å². The van der Waals surface area contributed by atoms with Crippen LogP contribution in [-0.2, 0) is 27.8 Å². The van der Waals surface area contributed by atoms with E-state index in [0.717, 1.165) is 29.5 Å². The van der Waals surface area contributed by atoms with Crippen LogP contribution >= 0.6 is 0 Å². The molecule has 1 N–H and O–H groups in total. The minimum absolute atomic E-state index is 0.0992. The lowest BCUT2D eigenvalue weighted by atomic mass is 10.2. The third-order valence-corrected chi connectivity index (χ3v) is 6.93. The molecule has 3 aromatic rings. The lowest BCUT2D eigenvalue weighted by Gasteiger charge is -2.15. The highest BCUT2D eigenvalue weighted by atomic mass is 32.2. The number of furan rings is 1. The summed E-state index contributed by atoms with van der Waals surface area (Å²) in [6.07, 6.45) is 5.88. The minimum Gasteiger partial charge on any atom is -0.469 e. The van der Waals surface area contributed by atoms with E-state index in [1.54, 1.807) is 24.5 Å². The number of aromatic nitrogens is 1. The maximum atomic E-state index is 12.7. The van der Waals surface area contributed by atoms with Crippen LogP contribution in [-0.4, -0.2) is 42.8 Å². The molecule has 0 saturated carbocycles. The third kappa shape index (κ3) is 3.83. The Kier molecular flexibility index (Phi) is 5.23. The van der Waals surface area contributed by atoms with Gasteiger partial charge in [-0.25, -0.2) is 8.42 Å². The second kappa shape index (κ2) is 7.81. The number of fused-ring (bicyclic) bond motifs is 1. The van der Waals surface area contributed by atoms with Crippen LogP contribution in [0.4, 0.5) is 0 Å². The van der Waals surface area contributed by atoms with Crippen molar-refractivity contribution >= 4 is 26.8 Å². The van der Waals surface area contributed by atoms with Crippen molar-refractivity contribution in [2.45, 2.75) is 30.7 Å². The summed E-state index contributed by atoms with van der Waals surface area (Å²) in [7, 11) is -3.44. The Morgan fingerprint density at radius 1 is 1.14 bits per heavy atom. The van der Waals surface area contributed by atoms with Crippen molar-refractivity contribution in [3.05, 3.63) is 54.6 Å². The van der Waals surface area contributed by atoms with E-state index in [0.29, 0.717) is 31.0 Å². The van der Waals surface area contributed by atoms with Gasteiger partial charge in [-0.05, 0) is 49.2 Å². The molecule has 0 aliphatic carbocycles. The van der Waals surface area contributed by atoms with E-state index in [-0.39, 0.29) is 12.5 Å². The molecular weight excluding hydrogens is 378 g/mol. The van der Waals surface area contributed by atoms with Crippen LogP contribution in [0.1, 0.15) is 18.6 Å². The molecule has 1 aliphatic heterocycles. The SMILES string of the molecule is O=C(Cn1ccc2cc(S(=O)(=O)N3CCCC3)ccc21)NCCc1ccco1. The van der Waals surface area contributed by atoms with E-state index in [1.807, 2.05) is 29.0 Å². The van der Waals surface area contributed by atoms with E-state index in [4.69, 9.17) is 4.42 Å². The molecule has 3 heterocycles. The number of benzene rings is 1. The smallest absolute Gasteiger partial charge is 0.243 e. The lowest BCUT2D eigenvalue weighted by molar-refractivity contribution is -0.121. The van der Waals surface area contributed by atoms with Gasteiger partial charge in [0, 0.05) is 43.2 Å². The molecule has 0 unspecified atom stereocenters. The number of carbonyl (C=O) groups is 1.